The first-order valence-electron chi connectivity index (χ1n) is 8.65. The zero-order chi connectivity index (χ0) is 19.6. The Morgan fingerprint density at radius 2 is 2.00 bits per heavy atom. The van der Waals surface area contributed by atoms with Gasteiger partial charge in [-0.05, 0) is 38.7 Å². The van der Waals surface area contributed by atoms with Gasteiger partial charge in [0, 0.05) is 19.2 Å². The maximum absolute atomic E-state index is 12.7. The van der Waals surface area contributed by atoms with Crippen LogP contribution in [0.15, 0.2) is 22.7 Å². The Labute approximate surface area is 154 Å². The average molecular weight is 383 g/mol. The molecule has 0 aromatic carbocycles. The number of piperidine rings is 1. The molecule has 0 unspecified atom stereocenters. The van der Waals surface area contributed by atoms with Crippen molar-refractivity contribution in [1.82, 2.24) is 15.0 Å². The second-order valence-electron chi connectivity index (χ2n) is 6.60. The molecule has 0 spiro atoms. The standard InChI is InChI=1S/C18H20F3N3O3/c1-11-16(12(2)27-23-11)17(25)24-8-6-13(7-9-24)10-26-15-5-3-4-14(22-15)18(19,20)21/h3-5,13H,6-10H2,1-2H3. The minimum Gasteiger partial charge on any atom is -0.477 e. The fourth-order valence-corrected chi connectivity index (χ4v) is 3.11. The number of hydrogen-bond acceptors (Lipinski definition) is 5. The summed E-state index contributed by atoms with van der Waals surface area (Å²) in [4.78, 5) is 17.8. The number of aromatic nitrogens is 2. The molecule has 0 N–H and O–H groups in total. The number of amides is 1. The molecule has 1 saturated heterocycles. The first-order valence-corrected chi connectivity index (χ1v) is 8.65. The number of carbonyl (C=O) groups is 1. The summed E-state index contributed by atoms with van der Waals surface area (Å²) in [7, 11) is 0. The van der Waals surface area contributed by atoms with Crippen LogP contribution in [0.2, 0.25) is 0 Å². The number of carbonyl (C=O) groups excluding carboxylic acids is 1. The number of nitrogens with zero attached hydrogens (tertiary/aromatic N) is 3. The molecule has 0 saturated carbocycles. The van der Waals surface area contributed by atoms with Crippen LogP contribution in [0, 0.1) is 19.8 Å². The van der Waals surface area contributed by atoms with Crippen molar-refractivity contribution in [3.8, 4) is 5.88 Å². The largest absolute Gasteiger partial charge is 0.477 e. The Kier molecular flexibility index (Phi) is 5.38. The minimum atomic E-state index is -4.50. The summed E-state index contributed by atoms with van der Waals surface area (Å²) in [5, 5.41) is 3.80. The van der Waals surface area contributed by atoms with E-state index in [-0.39, 0.29) is 24.3 Å². The van der Waals surface area contributed by atoms with Gasteiger partial charge in [0.15, 0.2) is 0 Å². The number of pyridine rings is 1. The summed E-state index contributed by atoms with van der Waals surface area (Å²) >= 11 is 0. The van der Waals surface area contributed by atoms with Crippen molar-refractivity contribution in [3.05, 3.63) is 40.9 Å². The van der Waals surface area contributed by atoms with Crippen molar-refractivity contribution in [3.63, 3.8) is 0 Å². The average Bonchev–Trinajstić information content (AvgIpc) is 2.98. The molecule has 9 heteroatoms. The molecule has 0 aliphatic carbocycles. The molecule has 0 atom stereocenters. The lowest BCUT2D eigenvalue weighted by molar-refractivity contribution is -0.141. The lowest BCUT2D eigenvalue weighted by atomic mass is 9.97. The molecule has 146 valence electrons. The van der Waals surface area contributed by atoms with Crippen molar-refractivity contribution in [2.24, 2.45) is 5.92 Å². The predicted molar refractivity (Wildman–Crippen MR) is 89.3 cm³/mol. The van der Waals surface area contributed by atoms with Crippen molar-refractivity contribution < 1.29 is 27.2 Å². The van der Waals surface area contributed by atoms with E-state index in [1.807, 2.05) is 0 Å². The van der Waals surface area contributed by atoms with Crippen molar-refractivity contribution in [2.45, 2.75) is 32.9 Å². The molecule has 2 aromatic rings. The maximum atomic E-state index is 12.7. The molecule has 6 nitrogen and oxygen atoms in total. The molecule has 0 bridgehead atoms. The van der Waals surface area contributed by atoms with Crippen LogP contribution in [-0.4, -0.2) is 40.6 Å². The topological polar surface area (TPSA) is 68.5 Å². The van der Waals surface area contributed by atoms with Crippen LogP contribution in [0.25, 0.3) is 0 Å². The molecule has 1 amide bonds. The third-order valence-electron chi connectivity index (χ3n) is 4.63. The van der Waals surface area contributed by atoms with Gasteiger partial charge in [-0.3, -0.25) is 4.79 Å². The van der Waals surface area contributed by atoms with Crippen LogP contribution >= 0.6 is 0 Å². The van der Waals surface area contributed by atoms with E-state index in [0.717, 1.165) is 6.07 Å². The van der Waals surface area contributed by atoms with Crippen LogP contribution in [0.3, 0.4) is 0 Å². The normalized spacial score (nSPS) is 15.8. The van der Waals surface area contributed by atoms with Gasteiger partial charge in [-0.2, -0.15) is 13.2 Å². The van der Waals surface area contributed by atoms with Crippen LogP contribution in [0.4, 0.5) is 13.2 Å². The highest BCUT2D eigenvalue weighted by Gasteiger charge is 2.33. The summed E-state index contributed by atoms with van der Waals surface area (Å²) in [6.07, 6.45) is -3.09. The second-order valence-corrected chi connectivity index (χ2v) is 6.60. The number of likely N-dealkylation sites (tertiary alicyclic amines) is 1. The molecule has 27 heavy (non-hydrogen) atoms. The molecule has 0 radical (unpaired) electrons. The molecule has 1 aliphatic heterocycles. The van der Waals surface area contributed by atoms with E-state index < -0.39 is 11.9 Å². The summed E-state index contributed by atoms with van der Waals surface area (Å²) in [5.41, 5.74) is 0.0938. The van der Waals surface area contributed by atoms with E-state index in [2.05, 4.69) is 10.1 Å². The lowest BCUT2D eigenvalue weighted by Gasteiger charge is -2.31. The van der Waals surface area contributed by atoms with E-state index in [1.54, 1.807) is 18.7 Å². The highest BCUT2D eigenvalue weighted by Crippen LogP contribution is 2.29. The quantitative estimate of drug-likeness (QED) is 0.806. The zero-order valence-electron chi connectivity index (χ0n) is 15.0. The fourth-order valence-electron chi connectivity index (χ4n) is 3.11. The number of hydrogen-bond donors (Lipinski definition) is 0. The third-order valence-corrected chi connectivity index (χ3v) is 4.63. The van der Waals surface area contributed by atoms with Gasteiger partial charge in [0.1, 0.15) is 17.0 Å². The smallest absolute Gasteiger partial charge is 0.433 e. The minimum absolute atomic E-state index is 0.0425. The van der Waals surface area contributed by atoms with Crippen LogP contribution < -0.4 is 4.74 Å². The Morgan fingerprint density at radius 1 is 1.30 bits per heavy atom. The van der Waals surface area contributed by atoms with Gasteiger partial charge in [-0.15, -0.1) is 0 Å². The van der Waals surface area contributed by atoms with E-state index in [1.165, 1.54) is 12.1 Å². The SMILES string of the molecule is Cc1noc(C)c1C(=O)N1CCC(COc2cccc(C(F)(F)F)n2)CC1. The predicted octanol–water partition coefficient (Wildman–Crippen LogP) is 3.64. The van der Waals surface area contributed by atoms with Gasteiger partial charge in [0.25, 0.3) is 5.91 Å². The van der Waals surface area contributed by atoms with Gasteiger partial charge in [-0.25, -0.2) is 4.98 Å². The fraction of sp³-hybridized carbons (Fsp3) is 0.500. The van der Waals surface area contributed by atoms with Crippen LogP contribution in [0.5, 0.6) is 5.88 Å². The van der Waals surface area contributed by atoms with Crippen molar-refractivity contribution >= 4 is 5.91 Å². The maximum Gasteiger partial charge on any atom is 0.433 e. The summed E-state index contributed by atoms with van der Waals surface area (Å²) in [6.45, 7) is 4.80. The van der Waals surface area contributed by atoms with E-state index in [0.29, 0.717) is 42.9 Å². The molecule has 3 heterocycles. The van der Waals surface area contributed by atoms with Crippen LogP contribution in [0.1, 0.15) is 40.3 Å². The second kappa shape index (κ2) is 7.58. The van der Waals surface area contributed by atoms with Crippen molar-refractivity contribution in [2.75, 3.05) is 19.7 Å². The summed E-state index contributed by atoms with van der Waals surface area (Å²) < 4.78 is 48.6. The molecular weight excluding hydrogens is 363 g/mol. The Hall–Kier alpha value is -2.58. The lowest BCUT2D eigenvalue weighted by Crippen LogP contribution is -2.40. The van der Waals surface area contributed by atoms with Gasteiger partial charge in [0.05, 0.1) is 12.3 Å². The number of ether oxygens (including phenoxy) is 1. The Morgan fingerprint density at radius 3 is 2.59 bits per heavy atom. The van der Waals surface area contributed by atoms with E-state index >= 15 is 0 Å². The molecule has 2 aromatic heterocycles. The highest BCUT2D eigenvalue weighted by atomic mass is 19.4. The number of aryl methyl sites for hydroxylation is 2. The van der Waals surface area contributed by atoms with Gasteiger partial charge >= 0.3 is 6.18 Å². The third kappa shape index (κ3) is 4.40. The summed E-state index contributed by atoms with van der Waals surface area (Å²) in [5.74, 6) is 0.498. The monoisotopic (exact) mass is 383 g/mol. The Balaban J connectivity index is 1.52. The molecule has 1 aliphatic rings. The molecule has 3 rings (SSSR count). The first-order chi connectivity index (χ1) is 12.8. The van der Waals surface area contributed by atoms with E-state index in [4.69, 9.17) is 9.26 Å². The molecular formula is C18H20F3N3O3. The zero-order valence-corrected chi connectivity index (χ0v) is 15.0. The number of halogens is 3. The number of rotatable bonds is 4. The van der Waals surface area contributed by atoms with Gasteiger partial charge in [0.2, 0.25) is 5.88 Å². The summed E-state index contributed by atoms with van der Waals surface area (Å²) in [6, 6.07) is 3.59. The number of alkyl halides is 3. The van der Waals surface area contributed by atoms with Crippen LogP contribution in [-0.2, 0) is 6.18 Å². The Bertz CT molecular complexity index is 792. The molecule has 1 fully saturated rings. The van der Waals surface area contributed by atoms with Gasteiger partial charge in [-0.1, -0.05) is 11.2 Å². The highest BCUT2D eigenvalue weighted by molar-refractivity contribution is 5.96. The van der Waals surface area contributed by atoms with E-state index in [9.17, 15) is 18.0 Å². The first kappa shape index (κ1) is 19.2. The van der Waals surface area contributed by atoms with Gasteiger partial charge < -0.3 is 14.2 Å². The van der Waals surface area contributed by atoms with Crippen molar-refractivity contribution in [1.29, 1.82) is 0 Å².